The van der Waals surface area contributed by atoms with E-state index in [0.29, 0.717) is 11.4 Å². The number of piperidine rings is 1. The van der Waals surface area contributed by atoms with Crippen molar-refractivity contribution < 1.29 is 45.5 Å². The van der Waals surface area contributed by atoms with Crippen LogP contribution in [0.3, 0.4) is 0 Å². The van der Waals surface area contributed by atoms with E-state index in [0.717, 1.165) is 11.0 Å². The van der Waals surface area contributed by atoms with E-state index in [1.54, 1.807) is 37.3 Å². The highest BCUT2D eigenvalue weighted by Gasteiger charge is 2.48. The molecule has 1 aliphatic heterocycles. The Balaban J connectivity index is 1.45. The third-order valence-corrected chi connectivity index (χ3v) is 6.12. The van der Waals surface area contributed by atoms with E-state index >= 15 is 8.78 Å². The Kier molecular flexibility index (Phi) is 6.85. The number of esters is 1. The van der Waals surface area contributed by atoms with Crippen molar-refractivity contribution in [3.63, 3.8) is 0 Å². The molecule has 0 bridgehead atoms. The van der Waals surface area contributed by atoms with E-state index in [1.165, 1.54) is 18.2 Å². The number of hydrogen-bond acceptors (Lipinski definition) is 8. The molecule has 14 heteroatoms. The van der Waals surface area contributed by atoms with Gasteiger partial charge in [0.15, 0.2) is 17.7 Å². The van der Waals surface area contributed by atoms with Gasteiger partial charge in [-0.3, -0.25) is 4.79 Å². The van der Waals surface area contributed by atoms with Crippen molar-refractivity contribution in [2.45, 2.75) is 31.5 Å². The lowest BCUT2D eigenvalue weighted by Gasteiger charge is -2.38. The number of benzene rings is 2. The molecule has 4 aromatic rings. The smallest absolute Gasteiger partial charge is 0.463 e. The lowest BCUT2D eigenvalue weighted by atomic mass is 10.0. The maximum absolute atomic E-state index is 15.0. The van der Waals surface area contributed by atoms with Crippen LogP contribution in [0.4, 0.5) is 22.0 Å². The van der Waals surface area contributed by atoms with Gasteiger partial charge in [0, 0.05) is 18.4 Å². The molecule has 1 atom stereocenters. The lowest BCUT2D eigenvalue weighted by molar-refractivity contribution is -0.190. The minimum absolute atomic E-state index is 0.0630. The molecule has 1 aliphatic rings. The van der Waals surface area contributed by atoms with Crippen LogP contribution in [-0.4, -0.2) is 63.2 Å². The third-order valence-electron chi connectivity index (χ3n) is 6.12. The number of nitrogens with zero attached hydrogens (tertiary/aromatic N) is 4. The fourth-order valence-electron chi connectivity index (χ4n) is 4.14. The highest BCUT2D eigenvalue weighted by atomic mass is 19.4. The van der Waals surface area contributed by atoms with Crippen LogP contribution in [0.2, 0.25) is 0 Å². The molecule has 0 N–H and O–H groups in total. The summed E-state index contributed by atoms with van der Waals surface area (Å²) in [4.78, 5) is 34.2. The first-order chi connectivity index (χ1) is 18.9. The number of carbonyl (C=O) groups is 2. The zero-order valence-corrected chi connectivity index (χ0v) is 20.6. The summed E-state index contributed by atoms with van der Waals surface area (Å²) in [6, 6.07) is 13.4. The van der Waals surface area contributed by atoms with Crippen LogP contribution in [0.25, 0.3) is 22.4 Å². The van der Waals surface area contributed by atoms with Gasteiger partial charge < -0.3 is 18.9 Å². The van der Waals surface area contributed by atoms with Gasteiger partial charge in [-0.25, -0.2) is 18.6 Å². The van der Waals surface area contributed by atoms with Gasteiger partial charge in [-0.15, -0.1) is 0 Å². The highest BCUT2D eigenvalue weighted by molar-refractivity contribution is 6.00. The molecular formula is C26H19F5N4O5. The second-order valence-electron chi connectivity index (χ2n) is 8.93. The molecule has 40 heavy (non-hydrogen) atoms. The van der Waals surface area contributed by atoms with Crippen molar-refractivity contribution in [1.82, 2.24) is 20.0 Å². The maximum atomic E-state index is 15.0. The van der Waals surface area contributed by atoms with Crippen molar-refractivity contribution >= 4 is 22.8 Å². The molecule has 1 saturated heterocycles. The summed E-state index contributed by atoms with van der Waals surface area (Å²) in [6.45, 7) is 0.599. The minimum Gasteiger partial charge on any atom is -0.463 e. The fourth-order valence-corrected chi connectivity index (χ4v) is 4.14. The lowest BCUT2D eigenvalue weighted by Crippen LogP contribution is -2.55. The number of halogens is 5. The number of aromatic nitrogens is 3. The number of hydrogen-bond donors (Lipinski definition) is 0. The summed E-state index contributed by atoms with van der Waals surface area (Å²) in [5, 5.41) is 3.98. The second kappa shape index (κ2) is 10.2. The normalized spacial score (nSPS) is 17.1. The predicted molar refractivity (Wildman–Crippen MR) is 128 cm³/mol. The van der Waals surface area contributed by atoms with E-state index in [-0.39, 0.29) is 28.9 Å². The van der Waals surface area contributed by atoms with E-state index < -0.39 is 54.7 Å². The average molecular weight is 562 g/mol. The average Bonchev–Trinajstić information content (AvgIpc) is 3.35. The zero-order valence-electron chi connectivity index (χ0n) is 20.6. The van der Waals surface area contributed by atoms with Gasteiger partial charge in [-0.2, -0.15) is 18.2 Å². The number of alkyl halides is 5. The quantitative estimate of drug-likeness (QED) is 0.247. The van der Waals surface area contributed by atoms with Crippen LogP contribution < -0.4 is 9.47 Å². The highest BCUT2D eigenvalue weighted by Crippen LogP contribution is 2.37. The zero-order chi connectivity index (χ0) is 28.7. The van der Waals surface area contributed by atoms with Crippen molar-refractivity contribution in [2.24, 2.45) is 0 Å². The molecule has 3 heterocycles. The standard InChI is InChI=1S/C26H19F5N4O5/c1-14-32-21(40-34-14)16-7-3-4-8-17(16)23(36)35-11-10-25(27,28)20(13-35)39-22-19(38-24(37)26(29,30)31)12-15-6-2-5-9-18(15)33-22/h2-9,12,20H,10-11,13H2,1H3. The minimum atomic E-state index is -5.36. The van der Waals surface area contributed by atoms with Gasteiger partial charge >= 0.3 is 12.1 Å². The molecular weight excluding hydrogens is 543 g/mol. The fraction of sp³-hybridized carbons (Fsp3) is 0.269. The first-order valence-corrected chi connectivity index (χ1v) is 11.8. The van der Waals surface area contributed by atoms with E-state index in [4.69, 9.17) is 9.26 Å². The Morgan fingerprint density at radius 3 is 2.52 bits per heavy atom. The Morgan fingerprint density at radius 1 is 1.07 bits per heavy atom. The molecule has 9 nitrogen and oxygen atoms in total. The van der Waals surface area contributed by atoms with Crippen LogP contribution in [0.5, 0.6) is 11.6 Å². The van der Waals surface area contributed by atoms with Crippen LogP contribution in [0.15, 0.2) is 59.1 Å². The Labute approximate surface area is 222 Å². The molecule has 0 saturated carbocycles. The number of likely N-dealkylation sites (tertiary alicyclic amines) is 1. The molecule has 1 fully saturated rings. The largest absolute Gasteiger partial charge is 0.491 e. The van der Waals surface area contributed by atoms with Crippen molar-refractivity contribution in [1.29, 1.82) is 0 Å². The molecule has 208 valence electrons. The van der Waals surface area contributed by atoms with Crippen molar-refractivity contribution in [2.75, 3.05) is 13.1 Å². The Hall–Kier alpha value is -4.62. The molecule has 1 unspecified atom stereocenters. The number of rotatable bonds is 5. The van der Waals surface area contributed by atoms with Crippen LogP contribution in [-0.2, 0) is 4.79 Å². The summed E-state index contributed by atoms with van der Waals surface area (Å²) < 4.78 is 83.8. The SMILES string of the molecule is Cc1noc(-c2ccccc2C(=O)N2CCC(F)(F)C(Oc3nc4ccccc4cc3OC(=O)C(F)(F)F)C2)n1. The second-order valence-corrected chi connectivity index (χ2v) is 8.93. The summed E-state index contributed by atoms with van der Waals surface area (Å²) in [7, 11) is 0. The topological polar surface area (TPSA) is 108 Å². The molecule has 5 rings (SSSR count). The first-order valence-electron chi connectivity index (χ1n) is 11.8. The number of pyridine rings is 1. The van der Waals surface area contributed by atoms with E-state index in [2.05, 4.69) is 19.9 Å². The molecule has 1 amide bonds. The number of amides is 1. The summed E-state index contributed by atoms with van der Waals surface area (Å²) in [5.41, 5.74) is 0.597. The summed E-state index contributed by atoms with van der Waals surface area (Å²) in [6.07, 6.45) is -8.19. The number of aryl methyl sites for hydroxylation is 1. The van der Waals surface area contributed by atoms with Crippen molar-refractivity contribution in [3.8, 4) is 23.1 Å². The van der Waals surface area contributed by atoms with Gasteiger partial charge in [0.05, 0.1) is 23.2 Å². The van der Waals surface area contributed by atoms with Gasteiger partial charge in [0.2, 0.25) is 0 Å². The monoisotopic (exact) mass is 562 g/mol. The molecule has 2 aromatic heterocycles. The molecule has 0 aliphatic carbocycles. The number of fused-ring (bicyclic) bond motifs is 1. The summed E-state index contributed by atoms with van der Waals surface area (Å²) >= 11 is 0. The van der Waals surface area contributed by atoms with Gasteiger partial charge in [0.25, 0.3) is 23.6 Å². The van der Waals surface area contributed by atoms with Crippen LogP contribution in [0, 0.1) is 6.92 Å². The summed E-state index contributed by atoms with van der Waals surface area (Å²) in [5.74, 6) is -7.87. The molecule has 0 radical (unpaired) electrons. The Bertz CT molecular complexity index is 1590. The van der Waals surface area contributed by atoms with E-state index in [1.807, 2.05) is 0 Å². The first kappa shape index (κ1) is 27.0. The number of para-hydroxylation sites is 1. The number of ether oxygens (including phenoxy) is 2. The van der Waals surface area contributed by atoms with Gasteiger partial charge in [0.1, 0.15) is 0 Å². The maximum Gasteiger partial charge on any atom is 0.491 e. The number of carbonyl (C=O) groups excluding carboxylic acids is 2. The van der Waals surface area contributed by atoms with Gasteiger partial charge in [-0.1, -0.05) is 35.5 Å². The third kappa shape index (κ3) is 5.42. The van der Waals surface area contributed by atoms with Crippen molar-refractivity contribution in [3.05, 3.63) is 66.0 Å². The van der Waals surface area contributed by atoms with Crippen LogP contribution >= 0.6 is 0 Å². The van der Waals surface area contributed by atoms with Gasteiger partial charge in [-0.05, 0) is 31.2 Å². The van der Waals surface area contributed by atoms with Crippen LogP contribution in [0.1, 0.15) is 22.6 Å². The molecule has 2 aromatic carbocycles. The van der Waals surface area contributed by atoms with E-state index in [9.17, 15) is 22.8 Å². The molecule has 0 spiro atoms. The predicted octanol–water partition coefficient (Wildman–Crippen LogP) is 4.99. The Morgan fingerprint density at radius 2 is 1.80 bits per heavy atom.